The Balaban J connectivity index is 1.32. The zero-order valence-corrected chi connectivity index (χ0v) is 21.4. The fraction of sp³-hybridized carbons (Fsp3) is 0.586. The number of hydrogen-bond acceptors (Lipinski definition) is 2. The predicted molar refractivity (Wildman–Crippen MR) is 129 cm³/mol. The summed E-state index contributed by atoms with van der Waals surface area (Å²) in [4.78, 5) is 0. The van der Waals surface area contributed by atoms with Crippen molar-refractivity contribution in [3.8, 4) is 11.5 Å². The van der Waals surface area contributed by atoms with Crippen molar-refractivity contribution in [3.63, 3.8) is 0 Å². The van der Waals surface area contributed by atoms with E-state index >= 15 is 0 Å². The number of halogens is 7. The van der Waals surface area contributed by atoms with Crippen LogP contribution in [0, 0.1) is 46.8 Å². The topological polar surface area (TPSA) is 18.5 Å². The van der Waals surface area contributed by atoms with Gasteiger partial charge in [0, 0.05) is 12.1 Å². The van der Waals surface area contributed by atoms with Gasteiger partial charge in [0.15, 0.2) is 41.4 Å². The SMILES string of the molecule is CCCC1CCC(C2CCC(c3cc(F)c(OCC(F)(F)Oc4cc(F)c(F)c(F)c4)c(F)c3)CC2)CC1. The lowest BCUT2D eigenvalue weighted by Gasteiger charge is -2.38. The third kappa shape index (κ3) is 6.94. The molecule has 0 aromatic heterocycles. The summed E-state index contributed by atoms with van der Waals surface area (Å²) < 4.78 is 106. The molecule has 0 unspecified atom stereocenters. The van der Waals surface area contributed by atoms with E-state index in [1.807, 2.05) is 0 Å². The second-order valence-electron chi connectivity index (χ2n) is 10.7. The van der Waals surface area contributed by atoms with E-state index in [9.17, 15) is 30.7 Å². The van der Waals surface area contributed by atoms with Gasteiger partial charge in [-0.05, 0) is 79.9 Å². The summed E-state index contributed by atoms with van der Waals surface area (Å²) in [5.74, 6) is -7.34. The minimum Gasteiger partial charge on any atom is -0.477 e. The molecule has 2 nitrogen and oxygen atoms in total. The predicted octanol–water partition coefficient (Wildman–Crippen LogP) is 9.31. The van der Waals surface area contributed by atoms with Crippen molar-refractivity contribution in [3.05, 3.63) is 58.9 Å². The number of hydrogen-bond donors (Lipinski definition) is 0. The van der Waals surface area contributed by atoms with Crippen molar-refractivity contribution in [1.82, 2.24) is 0 Å². The summed E-state index contributed by atoms with van der Waals surface area (Å²) in [7, 11) is 0. The van der Waals surface area contributed by atoms with E-state index in [1.54, 1.807) is 0 Å². The van der Waals surface area contributed by atoms with Crippen molar-refractivity contribution in [2.24, 2.45) is 17.8 Å². The van der Waals surface area contributed by atoms with Gasteiger partial charge in [0.05, 0.1) is 0 Å². The van der Waals surface area contributed by atoms with Crippen LogP contribution in [-0.2, 0) is 0 Å². The van der Waals surface area contributed by atoms with E-state index in [0.29, 0.717) is 11.5 Å². The van der Waals surface area contributed by atoms with Crippen LogP contribution in [0.2, 0.25) is 0 Å². The van der Waals surface area contributed by atoms with Crippen LogP contribution in [0.1, 0.15) is 82.6 Å². The van der Waals surface area contributed by atoms with Gasteiger partial charge in [-0.25, -0.2) is 22.0 Å². The second kappa shape index (κ2) is 12.2. The molecule has 0 saturated heterocycles. The van der Waals surface area contributed by atoms with Crippen LogP contribution in [0.5, 0.6) is 11.5 Å². The monoisotopic (exact) mass is 546 g/mol. The van der Waals surface area contributed by atoms with Crippen LogP contribution in [0.3, 0.4) is 0 Å². The molecule has 0 atom stereocenters. The fourth-order valence-electron chi connectivity index (χ4n) is 6.18. The Hall–Kier alpha value is -2.45. The van der Waals surface area contributed by atoms with Crippen LogP contribution < -0.4 is 9.47 Å². The summed E-state index contributed by atoms with van der Waals surface area (Å²) in [5.41, 5.74) is 0.470. The summed E-state index contributed by atoms with van der Waals surface area (Å²) in [5, 5.41) is 0. The Morgan fingerprint density at radius 2 is 1.26 bits per heavy atom. The van der Waals surface area contributed by atoms with Crippen molar-refractivity contribution in [2.75, 3.05) is 6.61 Å². The van der Waals surface area contributed by atoms with Crippen LogP contribution in [0.25, 0.3) is 0 Å². The van der Waals surface area contributed by atoms with E-state index in [-0.39, 0.29) is 18.1 Å². The molecule has 4 rings (SSSR count). The minimum absolute atomic E-state index is 0.0197. The molecule has 2 aromatic carbocycles. The van der Waals surface area contributed by atoms with Gasteiger partial charge in [-0.3, -0.25) is 0 Å². The standard InChI is InChI=1S/C29H33F7O2/c1-2-3-17-4-6-18(7-5-17)19-8-10-20(11-9-19)21-12-25(32)28(26(33)13-21)37-16-29(35,36)38-22-14-23(30)27(34)24(31)15-22/h12-15,17-20H,2-11,16H2,1H3. The summed E-state index contributed by atoms with van der Waals surface area (Å²) in [6, 6.07) is 2.69. The van der Waals surface area contributed by atoms with Crippen molar-refractivity contribution in [2.45, 2.75) is 83.2 Å². The zero-order valence-electron chi connectivity index (χ0n) is 21.4. The molecule has 2 aliphatic rings. The van der Waals surface area contributed by atoms with Crippen LogP contribution in [-0.4, -0.2) is 12.7 Å². The molecule has 2 fully saturated rings. The molecule has 2 aliphatic carbocycles. The molecule has 2 aromatic rings. The Morgan fingerprint density at radius 1 is 0.737 bits per heavy atom. The van der Waals surface area contributed by atoms with Gasteiger partial charge < -0.3 is 9.47 Å². The molecule has 38 heavy (non-hydrogen) atoms. The highest BCUT2D eigenvalue weighted by Gasteiger charge is 2.36. The molecule has 0 amide bonds. The zero-order chi connectivity index (χ0) is 27.4. The van der Waals surface area contributed by atoms with E-state index < -0.39 is 53.3 Å². The van der Waals surface area contributed by atoms with E-state index in [0.717, 1.165) is 49.7 Å². The van der Waals surface area contributed by atoms with Crippen molar-refractivity contribution < 1.29 is 40.2 Å². The fourth-order valence-corrected chi connectivity index (χ4v) is 6.18. The van der Waals surface area contributed by atoms with Crippen molar-refractivity contribution >= 4 is 0 Å². The van der Waals surface area contributed by atoms with Gasteiger partial charge in [0.25, 0.3) is 0 Å². The molecule has 0 aliphatic heterocycles. The second-order valence-corrected chi connectivity index (χ2v) is 10.7. The summed E-state index contributed by atoms with van der Waals surface area (Å²) >= 11 is 0. The van der Waals surface area contributed by atoms with E-state index in [2.05, 4.69) is 16.4 Å². The molecule has 0 radical (unpaired) electrons. The molecular formula is C29H33F7O2. The van der Waals surface area contributed by atoms with Gasteiger partial charge in [0.2, 0.25) is 0 Å². The Morgan fingerprint density at radius 3 is 1.79 bits per heavy atom. The number of alkyl halides is 2. The quantitative estimate of drug-likeness (QED) is 0.231. The van der Waals surface area contributed by atoms with Gasteiger partial charge in [0.1, 0.15) is 5.75 Å². The maximum atomic E-state index is 14.7. The Labute approximate surface area is 218 Å². The van der Waals surface area contributed by atoms with Crippen LogP contribution in [0.4, 0.5) is 30.7 Å². The maximum absolute atomic E-state index is 14.7. The average Bonchev–Trinajstić information content (AvgIpc) is 2.87. The van der Waals surface area contributed by atoms with Crippen molar-refractivity contribution in [1.29, 1.82) is 0 Å². The maximum Gasteiger partial charge on any atom is 0.433 e. The lowest BCUT2D eigenvalue weighted by atomic mass is 9.68. The minimum atomic E-state index is -4.21. The lowest BCUT2D eigenvalue weighted by Crippen LogP contribution is -2.33. The number of rotatable bonds is 9. The number of ether oxygens (including phenoxy) is 2. The molecular weight excluding hydrogens is 513 g/mol. The Bertz CT molecular complexity index is 1040. The van der Waals surface area contributed by atoms with Crippen LogP contribution >= 0.6 is 0 Å². The first-order valence-corrected chi connectivity index (χ1v) is 13.4. The molecule has 9 heteroatoms. The molecule has 0 heterocycles. The van der Waals surface area contributed by atoms with E-state index in [1.165, 1.54) is 38.5 Å². The lowest BCUT2D eigenvalue weighted by molar-refractivity contribution is -0.196. The van der Waals surface area contributed by atoms with E-state index in [4.69, 9.17) is 0 Å². The van der Waals surface area contributed by atoms with Gasteiger partial charge >= 0.3 is 6.11 Å². The smallest absolute Gasteiger partial charge is 0.433 e. The summed E-state index contributed by atoms with van der Waals surface area (Å²) in [6.07, 6.45) is 7.06. The number of benzene rings is 2. The first-order valence-electron chi connectivity index (χ1n) is 13.4. The Kier molecular flexibility index (Phi) is 9.14. The molecule has 0 bridgehead atoms. The molecule has 210 valence electrons. The normalized spacial score (nSPS) is 24.3. The first-order chi connectivity index (χ1) is 18.1. The molecule has 0 N–H and O–H groups in total. The largest absolute Gasteiger partial charge is 0.477 e. The van der Waals surface area contributed by atoms with Gasteiger partial charge in [-0.15, -0.1) is 0 Å². The van der Waals surface area contributed by atoms with Gasteiger partial charge in [-0.2, -0.15) is 8.78 Å². The summed E-state index contributed by atoms with van der Waals surface area (Å²) in [6.45, 7) is 0.594. The first kappa shape index (κ1) is 28.6. The highest BCUT2D eigenvalue weighted by molar-refractivity contribution is 5.33. The molecule has 0 spiro atoms. The van der Waals surface area contributed by atoms with Crippen LogP contribution in [0.15, 0.2) is 24.3 Å². The average molecular weight is 547 g/mol. The van der Waals surface area contributed by atoms with Gasteiger partial charge in [-0.1, -0.05) is 32.6 Å². The highest BCUT2D eigenvalue weighted by Crippen LogP contribution is 2.45. The highest BCUT2D eigenvalue weighted by atomic mass is 19.3. The third-order valence-electron chi connectivity index (χ3n) is 8.13. The third-order valence-corrected chi connectivity index (χ3v) is 8.13. The molecule has 2 saturated carbocycles.